The monoisotopic (exact) mass is 225 g/mol. The molecule has 4 nitrogen and oxygen atoms in total. The van der Waals surface area contributed by atoms with Gasteiger partial charge in [0.05, 0.1) is 11.3 Å². The molecule has 0 bridgehead atoms. The smallest absolute Gasteiger partial charge is 0.196 e. The van der Waals surface area contributed by atoms with Gasteiger partial charge in [-0.2, -0.15) is 5.26 Å². The number of hydrogen-bond acceptors (Lipinski definition) is 3. The number of aromatic nitrogens is 1. The van der Waals surface area contributed by atoms with Crippen molar-refractivity contribution in [1.29, 1.82) is 5.26 Å². The van der Waals surface area contributed by atoms with Crippen LogP contribution < -0.4 is 5.73 Å². The molecule has 1 aromatic carbocycles. The first-order valence-corrected chi connectivity index (χ1v) is 5.13. The molecule has 3 N–H and O–H groups in total. The molecule has 0 atom stereocenters. The lowest BCUT2D eigenvalue weighted by Gasteiger charge is -2.01. The van der Waals surface area contributed by atoms with Crippen LogP contribution in [0.15, 0.2) is 30.3 Å². The summed E-state index contributed by atoms with van der Waals surface area (Å²) in [5, 5.41) is 8.84. The van der Waals surface area contributed by atoms with Gasteiger partial charge in [0, 0.05) is 11.3 Å². The van der Waals surface area contributed by atoms with Gasteiger partial charge in [0.25, 0.3) is 0 Å². The van der Waals surface area contributed by atoms with Crippen molar-refractivity contribution in [2.75, 3.05) is 5.73 Å². The SMILES string of the molecule is Cc1[nH]c(C#N)c(N)c1C(=O)c1ccccc1. The van der Waals surface area contributed by atoms with E-state index >= 15 is 0 Å². The quantitative estimate of drug-likeness (QED) is 0.767. The Morgan fingerprint density at radius 2 is 2.00 bits per heavy atom. The van der Waals surface area contributed by atoms with Gasteiger partial charge in [-0.15, -0.1) is 0 Å². The van der Waals surface area contributed by atoms with Crippen LogP contribution in [0.25, 0.3) is 0 Å². The first-order chi connectivity index (χ1) is 8.15. The molecule has 0 unspecified atom stereocenters. The molecule has 0 aliphatic heterocycles. The predicted molar refractivity (Wildman–Crippen MR) is 64.5 cm³/mol. The van der Waals surface area contributed by atoms with Gasteiger partial charge in [-0.25, -0.2) is 0 Å². The average molecular weight is 225 g/mol. The second-order valence-corrected chi connectivity index (χ2v) is 3.72. The lowest BCUT2D eigenvalue weighted by Crippen LogP contribution is -2.05. The Morgan fingerprint density at radius 1 is 1.35 bits per heavy atom. The van der Waals surface area contributed by atoms with E-state index in [2.05, 4.69) is 4.98 Å². The molecular formula is C13H11N3O. The summed E-state index contributed by atoms with van der Waals surface area (Å²) in [5.74, 6) is -0.168. The minimum Gasteiger partial charge on any atom is -0.396 e. The molecule has 0 aliphatic rings. The van der Waals surface area contributed by atoms with Crippen LogP contribution in [0.4, 0.5) is 5.69 Å². The van der Waals surface area contributed by atoms with Crippen molar-refractivity contribution in [3.8, 4) is 6.07 Å². The molecule has 0 aliphatic carbocycles. The third kappa shape index (κ3) is 1.79. The van der Waals surface area contributed by atoms with Crippen LogP contribution in [0.1, 0.15) is 27.3 Å². The Labute approximate surface area is 98.7 Å². The number of H-pyrrole nitrogens is 1. The first kappa shape index (κ1) is 11.0. The third-order valence-electron chi connectivity index (χ3n) is 2.60. The molecule has 0 saturated heterocycles. The molecule has 0 amide bonds. The standard InChI is InChI=1S/C13H11N3O/c1-8-11(12(15)10(7-14)16-8)13(17)9-5-3-2-4-6-9/h2-6,16H,15H2,1H3. The molecule has 1 heterocycles. The molecule has 0 saturated carbocycles. The number of benzene rings is 1. The fourth-order valence-electron chi connectivity index (χ4n) is 1.76. The van der Waals surface area contributed by atoms with Crippen LogP contribution in [0.2, 0.25) is 0 Å². The summed E-state index contributed by atoms with van der Waals surface area (Å²) in [7, 11) is 0. The van der Waals surface area contributed by atoms with Gasteiger partial charge in [-0.1, -0.05) is 30.3 Å². The maximum absolute atomic E-state index is 12.2. The van der Waals surface area contributed by atoms with Crippen molar-refractivity contribution in [3.63, 3.8) is 0 Å². The van der Waals surface area contributed by atoms with Crippen molar-refractivity contribution >= 4 is 11.5 Å². The molecule has 2 rings (SSSR count). The molecular weight excluding hydrogens is 214 g/mol. The second kappa shape index (κ2) is 4.14. The van der Waals surface area contributed by atoms with Gasteiger partial charge in [-0.05, 0) is 6.92 Å². The van der Waals surface area contributed by atoms with E-state index in [-0.39, 0.29) is 17.2 Å². The van der Waals surface area contributed by atoms with Crippen molar-refractivity contribution in [1.82, 2.24) is 4.98 Å². The van der Waals surface area contributed by atoms with Crippen LogP contribution >= 0.6 is 0 Å². The number of carbonyl (C=O) groups excluding carboxylic acids is 1. The number of nitrogens with one attached hydrogen (secondary N) is 1. The van der Waals surface area contributed by atoms with E-state index in [0.29, 0.717) is 16.8 Å². The molecule has 17 heavy (non-hydrogen) atoms. The maximum atomic E-state index is 12.2. The zero-order valence-electron chi connectivity index (χ0n) is 9.32. The third-order valence-corrected chi connectivity index (χ3v) is 2.60. The van der Waals surface area contributed by atoms with Crippen LogP contribution in [0.5, 0.6) is 0 Å². The Bertz CT molecular complexity index is 606. The number of anilines is 1. The summed E-state index contributed by atoms with van der Waals surface area (Å²) in [5.41, 5.74) is 7.80. The highest BCUT2D eigenvalue weighted by molar-refractivity contribution is 6.13. The first-order valence-electron chi connectivity index (χ1n) is 5.13. The van der Waals surface area contributed by atoms with Crippen molar-refractivity contribution < 1.29 is 4.79 Å². The number of nitriles is 1. The number of nitrogens with two attached hydrogens (primary N) is 1. The highest BCUT2D eigenvalue weighted by Gasteiger charge is 2.19. The predicted octanol–water partition coefficient (Wildman–Crippen LogP) is 2.01. The molecule has 0 fully saturated rings. The summed E-state index contributed by atoms with van der Waals surface area (Å²) in [6.45, 7) is 1.73. The lowest BCUT2D eigenvalue weighted by molar-refractivity contribution is 0.103. The Kier molecular flexibility index (Phi) is 2.67. The minimum atomic E-state index is -0.168. The molecule has 2 aromatic rings. The molecule has 0 spiro atoms. The normalized spacial score (nSPS) is 9.88. The number of rotatable bonds is 2. The summed E-state index contributed by atoms with van der Waals surface area (Å²) in [4.78, 5) is 15.0. The number of hydrogen-bond donors (Lipinski definition) is 2. The Balaban J connectivity index is 2.53. The van der Waals surface area contributed by atoms with Gasteiger partial charge in [0.15, 0.2) is 5.78 Å². The van der Waals surface area contributed by atoms with Gasteiger partial charge in [-0.3, -0.25) is 4.79 Å². The lowest BCUT2D eigenvalue weighted by atomic mass is 10.0. The number of nitrogen functional groups attached to an aromatic ring is 1. The van der Waals surface area contributed by atoms with Crippen molar-refractivity contribution in [3.05, 3.63) is 52.8 Å². The number of aryl methyl sites for hydroxylation is 1. The highest BCUT2D eigenvalue weighted by atomic mass is 16.1. The number of nitrogens with zero attached hydrogens (tertiary/aromatic N) is 1. The van der Waals surface area contributed by atoms with Crippen LogP contribution in [-0.2, 0) is 0 Å². The van der Waals surface area contributed by atoms with E-state index in [1.54, 1.807) is 31.2 Å². The van der Waals surface area contributed by atoms with Gasteiger partial charge >= 0.3 is 0 Å². The van der Waals surface area contributed by atoms with E-state index in [1.165, 1.54) is 0 Å². The number of ketones is 1. The van der Waals surface area contributed by atoms with Gasteiger partial charge in [0.1, 0.15) is 11.8 Å². The second-order valence-electron chi connectivity index (χ2n) is 3.72. The zero-order chi connectivity index (χ0) is 12.4. The van der Waals surface area contributed by atoms with Crippen LogP contribution in [0.3, 0.4) is 0 Å². The largest absolute Gasteiger partial charge is 0.396 e. The molecule has 4 heteroatoms. The van der Waals surface area contributed by atoms with Crippen LogP contribution in [0, 0.1) is 18.3 Å². The fraction of sp³-hybridized carbons (Fsp3) is 0.0769. The fourth-order valence-corrected chi connectivity index (χ4v) is 1.76. The molecule has 0 radical (unpaired) electrons. The van der Waals surface area contributed by atoms with E-state index in [1.807, 2.05) is 12.1 Å². The molecule has 1 aromatic heterocycles. The topological polar surface area (TPSA) is 82.7 Å². The van der Waals surface area contributed by atoms with E-state index in [4.69, 9.17) is 11.0 Å². The van der Waals surface area contributed by atoms with Gasteiger partial charge in [0.2, 0.25) is 0 Å². The highest BCUT2D eigenvalue weighted by Crippen LogP contribution is 2.23. The summed E-state index contributed by atoms with van der Waals surface area (Å²) >= 11 is 0. The average Bonchev–Trinajstić information content (AvgIpc) is 2.64. The van der Waals surface area contributed by atoms with E-state index < -0.39 is 0 Å². The van der Waals surface area contributed by atoms with E-state index in [0.717, 1.165) is 0 Å². The molecule has 84 valence electrons. The minimum absolute atomic E-state index is 0.168. The summed E-state index contributed by atoms with van der Waals surface area (Å²) in [6.07, 6.45) is 0. The number of carbonyl (C=O) groups is 1. The Morgan fingerprint density at radius 3 is 2.53 bits per heavy atom. The summed E-state index contributed by atoms with van der Waals surface area (Å²) < 4.78 is 0. The van der Waals surface area contributed by atoms with E-state index in [9.17, 15) is 4.79 Å². The maximum Gasteiger partial charge on any atom is 0.196 e. The zero-order valence-corrected chi connectivity index (χ0v) is 9.32. The summed E-state index contributed by atoms with van der Waals surface area (Å²) in [6, 6.07) is 10.8. The van der Waals surface area contributed by atoms with Crippen molar-refractivity contribution in [2.24, 2.45) is 0 Å². The van der Waals surface area contributed by atoms with Crippen molar-refractivity contribution in [2.45, 2.75) is 6.92 Å². The number of aromatic amines is 1. The van der Waals surface area contributed by atoms with Crippen LogP contribution in [-0.4, -0.2) is 10.8 Å². The van der Waals surface area contributed by atoms with Gasteiger partial charge < -0.3 is 10.7 Å². The Hall–Kier alpha value is -2.54.